The average molecular weight is 614 g/mol. The number of benzene rings is 1. The maximum Gasteiger partial charge on any atom is 0.0664 e. The highest BCUT2D eigenvalue weighted by molar-refractivity contribution is 8.46. The van der Waals surface area contributed by atoms with E-state index in [9.17, 15) is 0 Å². The van der Waals surface area contributed by atoms with Crippen molar-refractivity contribution in [1.82, 2.24) is 0 Å². The first-order valence-corrected chi connectivity index (χ1v) is 52.9. The van der Waals surface area contributed by atoms with Crippen molar-refractivity contribution in [3.8, 4) is 0 Å². The summed E-state index contributed by atoms with van der Waals surface area (Å²) in [4.78, 5) is 0. The van der Waals surface area contributed by atoms with E-state index in [-0.39, 0.29) is 0 Å². The van der Waals surface area contributed by atoms with Gasteiger partial charge in [0.05, 0.1) is 7.59 Å². The van der Waals surface area contributed by atoms with Gasteiger partial charge in [-0.25, -0.2) is 0 Å². The first-order valence-electron chi connectivity index (χ1n) is 13.4. The molecule has 3 saturated heterocycles. The Bertz CT molecular complexity index is 879. The van der Waals surface area contributed by atoms with Gasteiger partial charge in [0, 0.05) is 62.5 Å². The standard InChI is InChI=1S/C23H56Si10/c1-24(2,3)32-26(6,7)29(12,13)33(30(14,15)27(32,8)9,31(16,17)28(32,10)11)25(4,5)23-21-19-18-20-22-23/h18-22H,1-17H3. The minimum absolute atomic E-state index is 1.25. The third kappa shape index (κ3) is 2.51. The summed E-state index contributed by atoms with van der Waals surface area (Å²) in [6.07, 6.45) is -2.79. The van der Waals surface area contributed by atoms with Gasteiger partial charge in [-0.3, -0.25) is 0 Å². The van der Waals surface area contributed by atoms with Crippen LogP contribution in [0.25, 0.3) is 0 Å². The summed E-state index contributed by atoms with van der Waals surface area (Å²) >= 11 is 0. The molecule has 188 valence electrons. The van der Waals surface area contributed by atoms with E-state index < -0.39 is 70.1 Å². The van der Waals surface area contributed by atoms with Crippen molar-refractivity contribution in [3.63, 3.8) is 0 Å². The summed E-state index contributed by atoms with van der Waals surface area (Å²) in [5.74, 6) is 0. The van der Waals surface area contributed by atoms with Crippen molar-refractivity contribution < 1.29 is 0 Å². The Kier molecular flexibility index (Phi) is 6.38. The highest BCUT2D eigenvalue weighted by atomic mass is 30.6. The van der Waals surface area contributed by atoms with Crippen LogP contribution >= 0.6 is 0 Å². The number of hydrogen-bond donors (Lipinski definition) is 0. The summed E-state index contributed by atoms with van der Waals surface area (Å²) in [6.45, 7) is 52.1. The summed E-state index contributed by atoms with van der Waals surface area (Å²) < 4.78 is 0. The van der Waals surface area contributed by atoms with Crippen LogP contribution in [0, 0.1) is 0 Å². The van der Waals surface area contributed by atoms with Crippen LogP contribution in [0.1, 0.15) is 0 Å². The molecule has 0 radical (unpaired) electrons. The van der Waals surface area contributed by atoms with Crippen LogP contribution in [0.3, 0.4) is 0 Å². The van der Waals surface area contributed by atoms with Gasteiger partial charge in [-0.2, -0.15) is 0 Å². The van der Waals surface area contributed by atoms with Gasteiger partial charge < -0.3 is 0 Å². The topological polar surface area (TPSA) is 0 Å². The highest BCUT2D eigenvalue weighted by Crippen LogP contribution is 2.67. The molecule has 3 aliphatic rings. The lowest BCUT2D eigenvalue weighted by molar-refractivity contribution is 1.70. The molecular formula is C23H56Si10. The third-order valence-electron chi connectivity index (χ3n) is 13.9. The molecule has 0 unspecified atom stereocenters. The summed E-state index contributed by atoms with van der Waals surface area (Å²) in [5.41, 5.74) is 0. The smallest absolute Gasteiger partial charge is 0.0664 e. The van der Waals surface area contributed by atoms with E-state index in [4.69, 9.17) is 0 Å². The minimum Gasteiger partial charge on any atom is -0.0739 e. The predicted molar refractivity (Wildman–Crippen MR) is 183 cm³/mol. The first-order chi connectivity index (χ1) is 14.4. The normalized spacial score (nSPS) is 35.3. The molecule has 3 aliphatic heterocycles. The molecule has 0 saturated carbocycles. The van der Waals surface area contributed by atoms with Gasteiger partial charge in [0.2, 0.25) is 0 Å². The van der Waals surface area contributed by atoms with Crippen LogP contribution in [0.15, 0.2) is 30.3 Å². The number of fused-ring (bicyclic) bond motifs is 3. The van der Waals surface area contributed by atoms with Crippen LogP contribution in [0.2, 0.25) is 111 Å². The van der Waals surface area contributed by atoms with E-state index in [0.717, 1.165) is 0 Å². The molecule has 0 aliphatic carbocycles. The van der Waals surface area contributed by atoms with Crippen LogP contribution in [-0.4, -0.2) is 70.1 Å². The summed E-state index contributed by atoms with van der Waals surface area (Å²) in [5, 5.41) is 1.88. The van der Waals surface area contributed by atoms with Gasteiger partial charge in [0.15, 0.2) is 0 Å². The highest BCUT2D eigenvalue weighted by Gasteiger charge is 2.96. The third-order valence-corrected chi connectivity index (χ3v) is 355. The molecule has 0 spiro atoms. The Morgan fingerprint density at radius 2 is 0.697 bits per heavy atom. The molecular weight excluding hydrogens is 557 g/mol. The van der Waals surface area contributed by atoms with Crippen molar-refractivity contribution in [1.29, 1.82) is 0 Å². The number of hydrogen-bond acceptors (Lipinski definition) is 0. The van der Waals surface area contributed by atoms with Crippen molar-refractivity contribution in [2.45, 2.75) is 111 Å². The molecule has 1 aromatic rings. The molecule has 2 bridgehead atoms. The van der Waals surface area contributed by atoms with Gasteiger partial charge in [0.1, 0.15) is 0 Å². The molecule has 3 fully saturated rings. The van der Waals surface area contributed by atoms with E-state index in [1.807, 2.05) is 5.19 Å². The second-order valence-corrected chi connectivity index (χ2v) is 146. The Labute approximate surface area is 215 Å². The molecule has 0 nitrogen and oxygen atoms in total. The van der Waals surface area contributed by atoms with Crippen LogP contribution < -0.4 is 5.19 Å². The van der Waals surface area contributed by atoms with Crippen molar-refractivity contribution in [2.75, 3.05) is 0 Å². The van der Waals surface area contributed by atoms with Gasteiger partial charge in [-0.15, -0.1) is 0 Å². The van der Waals surface area contributed by atoms with Gasteiger partial charge >= 0.3 is 0 Å². The fourth-order valence-corrected chi connectivity index (χ4v) is 770. The minimum atomic E-state index is -1.59. The lowest BCUT2D eigenvalue weighted by atomic mass is 10.4. The Morgan fingerprint density at radius 1 is 0.424 bits per heavy atom. The van der Waals surface area contributed by atoms with Crippen LogP contribution in [-0.2, 0) is 0 Å². The molecule has 0 aromatic heterocycles. The monoisotopic (exact) mass is 612 g/mol. The molecule has 0 atom stereocenters. The van der Waals surface area contributed by atoms with Crippen LogP contribution in [0.5, 0.6) is 0 Å². The Morgan fingerprint density at radius 3 is 0.970 bits per heavy atom. The molecule has 1 aromatic carbocycles. The summed E-state index contributed by atoms with van der Waals surface area (Å²) in [6, 6.07) is 12.3. The maximum absolute atomic E-state index is 3.11. The van der Waals surface area contributed by atoms with E-state index in [1.165, 1.54) is 0 Å². The predicted octanol–water partition coefficient (Wildman–Crippen LogP) is 6.98. The van der Waals surface area contributed by atoms with Crippen molar-refractivity contribution >= 4 is 75.3 Å². The zero-order chi connectivity index (χ0) is 26.1. The van der Waals surface area contributed by atoms with Crippen molar-refractivity contribution in [3.05, 3.63) is 30.3 Å². The second kappa shape index (κ2) is 7.27. The number of rotatable bonds is 3. The van der Waals surface area contributed by atoms with E-state index in [1.54, 1.807) is 0 Å². The maximum atomic E-state index is 3.11. The summed E-state index contributed by atoms with van der Waals surface area (Å²) in [7, 11) is -10.9. The SMILES string of the molecule is C[Si](C)(C)[Si]12[Si](C)(C)[Si](C)(C)[Si]([Si](C)(C)c3ccccc3)([Si](C)(C)[Si]1(C)C)[Si](C)(C)[Si]2(C)C. The van der Waals surface area contributed by atoms with Crippen LogP contribution in [0.4, 0.5) is 0 Å². The van der Waals surface area contributed by atoms with Crippen molar-refractivity contribution in [2.24, 2.45) is 0 Å². The molecule has 0 amide bonds. The molecule has 4 rings (SSSR count). The quantitative estimate of drug-likeness (QED) is 0.323. The Balaban J connectivity index is 2.73. The second-order valence-electron chi connectivity index (χ2n) is 16.5. The van der Waals surface area contributed by atoms with Gasteiger partial charge in [0.25, 0.3) is 0 Å². The average Bonchev–Trinajstić information content (AvgIpc) is 2.58. The first kappa shape index (κ1) is 29.0. The lowest BCUT2D eigenvalue weighted by Crippen LogP contribution is -3.24. The Hall–Kier alpha value is 1.39. The van der Waals surface area contributed by atoms with Gasteiger partial charge in [-0.05, 0) is 0 Å². The molecule has 3 heterocycles. The lowest BCUT2D eigenvalue weighted by Gasteiger charge is -2.92. The fourth-order valence-electron chi connectivity index (χ4n) is 13.7. The molecule has 10 heteroatoms. The van der Waals surface area contributed by atoms with E-state index in [2.05, 4.69) is 142 Å². The van der Waals surface area contributed by atoms with E-state index >= 15 is 0 Å². The molecule has 0 N–H and O–H groups in total. The fraction of sp³-hybridized carbons (Fsp3) is 0.739. The zero-order valence-electron chi connectivity index (χ0n) is 25.4. The van der Waals surface area contributed by atoms with E-state index in [0.29, 0.717) is 0 Å². The zero-order valence-corrected chi connectivity index (χ0v) is 35.4. The molecule has 33 heavy (non-hydrogen) atoms. The van der Waals surface area contributed by atoms with Gasteiger partial charge in [-0.1, -0.05) is 147 Å². The largest absolute Gasteiger partial charge is 0.0739 e.